The van der Waals surface area contributed by atoms with Gasteiger partial charge in [-0.1, -0.05) is 0 Å². The van der Waals surface area contributed by atoms with Gasteiger partial charge in [0, 0.05) is 18.8 Å². The third kappa shape index (κ3) is 2.78. The summed E-state index contributed by atoms with van der Waals surface area (Å²) in [5.41, 5.74) is 0.937. The fourth-order valence-corrected chi connectivity index (χ4v) is 1.65. The summed E-state index contributed by atoms with van der Waals surface area (Å²) in [4.78, 5) is 11.4. The minimum atomic E-state index is 0.0203. The van der Waals surface area contributed by atoms with Crippen molar-refractivity contribution in [2.24, 2.45) is 0 Å². The summed E-state index contributed by atoms with van der Waals surface area (Å²) in [6.07, 6.45) is 1.82. The molecule has 90 valence electrons. The first-order chi connectivity index (χ1) is 8.19. The van der Waals surface area contributed by atoms with E-state index >= 15 is 0 Å². The van der Waals surface area contributed by atoms with Crippen LogP contribution in [-0.4, -0.2) is 4.57 Å². The molecule has 2 aromatic heterocycles. The Labute approximate surface area is 99.9 Å². The maximum Gasteiger partial charge on any atom is 0.250 e. The molecule has 0 aliphatic carbocycles. The zero-order valence-electron chi connectivity index (χ0n) is 10.1. The Morgan fingerprint density at radius 1 is 1.29 bits per heavy atom. The van der Waals surface area contributed by atoms with Crippen LogP contribution < -0.4 is 10.9 Å². The molecule has 2 heterocycles. The van der Waals surface area contributed by atoms with Gasteiger partial charge in [0.05, 0.1) is 12.2 Å². The van der Waals surface area contributed by atoms with E-state index < -0.39 is 0 Å². The molecule has 2 rings (SSSR count). The lowest BCUT2D eigenvalue weighted by molar-refractivity contribution is 0.490. The zero-order valence-corrected chi connectivity index (χ0v) is 10.1. The van der Waals surface area contributed by atoms with Crippen LogP contribution in [0.25, 0.3) is 0 Å². The number of nitrogens with zero attached hydrogens (tertiary/aromatic N) is 1. The molecule has 0 bridgehead atoms. The van der Waals surface area contributed by atoms with Gasteiger partial charge >= 0.3 is 0 Å². The molecule has 1 N–H and O–H groups in total. The first-order valence-corrected chi connectivity index (χ1v) is 5.68. The van der Waals surface area contributed by atoms with E-state index in [1.54, 1.807) is 16.7 Å². The number of hydrogen-bond acceptors (Lipinski definition) is 3. The van der Waals surface area contributed by atoms with Gasteiger partial charge in [-0.3, -0.25) is 4.79 Å². The van der Waals surface area contributed by atoms with Gasteiger partial charge in [0.2, 0.25) is 0 Å². The fourth-order valence-electron chi connectivity index (χ4n) is 1.65. The SMILES string of the molecule is CCn1cc(NCc2ccc(C)o2)ccc1=O. The first kappa shape index (κ1) is 11.5. The molecule has 0 unspecified atom stereocenters. The third-order valence-corrected chi connectivity index (χ3v) is 2.59. The van der Waals surface area contributed by atoms with Crippen molar-refractivity contribution in [1.29, 1.82) is 0 Å². The normalized spacial score (nSPS) is 10.5. The molecular formula is C13H16N2O2. The molecule has 0 radical (unpaired) electrons. The van der Waals surface area contributed by atoms with Crippen molar-refractivity contribution in [1.82, 2.24) is 4.57 Å². The predicted octanol–water partition coefficient (Wildman–Crippen LogP) is 2.38. The van der Waals surface area contributed by atoms with Crippen LogP contribution in [0, 0.1) is 6.92 Å². The Hall–Kier alpha value is -1.97. The van der Waals surface area contributed by atoms with E-state index in [9.17, 15) is 4.79 Å². The molecule has 0 aliphatic rings. The van der Waals surface area contributed by atoms with E-state index in [-0.39, 0.29) is 5.56 Å². The number of hydrogen-bond donors (Lipinski definition) is 1. The number of nitrogens with one attached hydrogen (secondary N) is 1. The summed E-state index contributed by atoms with van der Waals surface area (Å²) >= 11 is 0. The smallest absolute Gasteiger partial charge is 0.250 e. The van der Waals surface area contributed by atoms with Crippen LogP contribution in [0.3, 0.4) is 0 Å². The van der Waals surface area contributed by atoms with Gasteiger partial charge in [-0.2, -0.15) is 0 Å². The van der Waals surface area contributed by atoms with Gasteiger partial charge in [-0.25, -0.2) is 0 Å². The Kier molecular flexibility index (Phi) is 3.32. The molecule has 0 saturated heterocycles. The molecule has 0 fully saturated rings. The molecule has 0 saturated carbocycles. The molecule has 0 aromatic carbocycles. The van der Waals surface area contributed by atoms with Gasteiger partial charge < -0.3 is 14.3 Å². The lowest BCUT2D eigenvalue weighted by Crippen LogP contribution is -2.17. The lowest BCUT2D eigenvalue weighted by Gasteiger charge is -2.07. The second-order valence-corrected chi connectivity index (χ2v) is 3.91. The third-order valence-electron chi connectivity index (χ3n) is 2.59. The Balaban J connectivity index is 2.06. The molecule has 2 aromatic rings. The standard InChI is InChI=1S/C13H16N2O2/c1-3-15-9-11(5-7-13(15)16)14-8-12-6-4-10(2)17-12/h4-7,9,14H,3,8H2,1-2H3. The Morgan fingerprint density at radius 2 is 2.12 bits per heavy atom. The molecule has 4 heteroatoms. The van der Waals surface area contributed by atoms with E-state index in [2.05, 4.69) is 5.32 Å². The van der Waals surface area contributed by atoms with E-state index in [1.165, 1.54) is 0 Å². The molecule has 17 heavy (non-hydrogen) atoms. The van der Waals surface area contributed by atoms with Gasteiger partial charge in [0.15, 0.2) is 0 Å². The summed E-state index contributed by atoms with van der Waals surface area (Å²) in [6.45, 7) is 5.16. The molecule has 4 nitrogen and oxygen atoms in total. The van der Waals surface area contributed by atoms with Crippen molar-refractivity contribution in [3.63, 3.8) is 0 Å². The summed E-state index contributed by atoms with van der Waals surface area (Å²) in [5, 5.41) is 3.22. The topological polar surface area (TPSA) is 47.2 Å². The van der Waals surface area contributed by atoms with Gasteiger partial charge in [-0.05, 0) is 32.0 Å². The Morgan fingerprint density at radius 3 is 2.76 bits per heavy atom. The van der Waals surface area contributed by atoms with Crippen LogP contribution in [0.4, 0.5) is 5.69 Å². The Bertz CT molecular complexity index is 555. The minimum absolute atomic E-state index is 0.0203. The number of anilines is 1. The monoisotopic (exact) mass is 232 g/mol. The highest BCUT2D eigenvalue weighted by molar-refractivity contribution is 5.40. The highest BCUT2D eigenvalue weighted by Gasteiger charge is 2.00. The van der Waals surface area contributed by atoms with Crippen molar-refractivity contribution in [3.05, 3.63) is 52.3 Å². The first-order valence-electron chi connectivity index (χ1n) is 5.68. The van der Waals surface area contributed by atoms with E-state index in [0.29, 0.717) is 13.1 Å². The second kappa shape index (κ2) is 4.91. The molecule has 0 aliphatic heterocycles. The van der Waals surface area contributed by atoms with E-state index in [1.807, 2.05) is 32.2 Å². The average Bonchev–Trinajstić information content (AvgIpc) is 2.74. The van der Waals surface area contributed by atoms with Crippen molar-refractivity contribution in [2.75, 3.05) is 5.32 Å². The van der Waals surface area contributed by atoms with Crippen molar-refractivity contribution >= 4 is 5.69 Å². The number of furan rings is 1. The number of pyridine rings is 1. The maximum absolute atomic E-state index is 11.4. The quantitative estimate of drug-likeness (QED) is 0.880. The summed E-state index contributed by atoms with van der Waals surface area (Å²) in [5.74, 6) is 1.79. The highest BCUT2D eigenvalue weighted by Crippen LogP contribution is 2.10. The average molecular weight is 232 g/mol. The summed E-state index contributed by atoms with van der Waals surface area (Å²) < 4.78 is 7.12. The van der Waals surface area contributed by atoms with Crippen LogP contribution >= 0.6 is 0 Å². The number of rotatable bonds is 4. The highest BCUT2D eigenvalue weighted by atomic mass is 16.3. The predicted molar refractivity (Wildman–Crippen MR) is 67.1 cm³/mol. The lowest BCUT2D eigenvalue weighted by atomic mass is 10.3. The van der Waals surface area contributed by atoms with Crippen LogP contribution in [0.5, 0.6) is 0 Å². The van der Waals surface area contributed by atoms with E-state index in [0.717, 1.165) is 17.2 Å². The van der Waals surface area contributed by atoms with Gasteiger partial charge in [0.1, 0.15) is 11.5 Å². The summed E-state index contributed by atoms with van der Waals surface area (Å²) in [7, 11) is 0. The summed E-state index contributed by atoms with van der Waals surface area (Å²) in [6, 6.07) is 7.23. The van der Waals surface area contributed by atoms with Gasteiger partial charge in [0.25, 0.3) is 5.56 Å². The maximum atomic E-state index is 11.4. The van der Waals surface area contributed by atoms with Crippen LogP contribution in [0.1, 0.15) is 18.4 Å². The molecule has 0 amide bonds. The van der Waals surface area contributed by atoms with Crippen molar-refractivity contribution in [2.45, 2.75) is 26.9 Å². The van der Waals surface area contributed by atoms with Crippen molar-refractivity contribution < 1.29 is 4.42 Å². The second-order valence-electron chi connectivity index (χ2n) is 3.91. The molecule has 0 atom stereocenters. The number of aromatic nitrogens is 1. The largest absolute Gasteiger partial charge is 0.465 e. The minimum Gasteiger partial charge on any atom is -0.465 e. The van der Waals surface area contributed by atoms with Gasteiger partial charge in [-0.15, -0.1) is 0 Å². The van der Waals surface area contributed by atoms with Crippen molar-refractivity contribution in [3.8, 4) is 0 Å². The van der Waals surface area contributed by atoms with Crippen LogP contribution in [0.15, 0.2) is 39.7 Å². The van der Waals surface area contributed by atoms with Crippen LogP contribution in [-0.2, 0) is 13.1 Å². The zero-order chi connectivity index (χ0) is 12.3. The molecule has 0 spiro atoms. The van der Waals surface area contributed by atoms with Crippen LogP contribution in [0.2, 0.25) is 0 Å². The molecular weight excluding hydrogens is 216 g/mol. The number of aryl methyl sites for hydroxylation is 2. The fraction of sp³-hybridized carbons (Fsp3) is 0.308. The van der Waals surface area contributed by atoms with E-state index in [4.69, 9.17) is 4.42 Å².